The van der Waals surface area contributed by atoms with E-state index in [9.17, 15) is 0 Å². The minimum Gasteiger partial charge on any atom is -0.311 e. The summed E-state index contributed by atoms with van der Waals surface area (Å²) in [5.41, 5.74) is 9.16. The molecule has 5 rings (SSSR count). The zero-order valence-corrected chi connectivity index (χ0v) is 22.4. The van der Waals surface area contributed by atoms with Crippen LogP contribution < -0.4 is 9.80 Å². The first kappa shape index (κ1) is 25.8. The molecular formula is C37H34N2. The second-order valence-electron chi connectivity index (χ2n) is 9.37. The molecule has 0 aliphatic heterocycles. The van der Waals surface area contributed by atoms with Crippen molar-refractivity contribution in [3.63, 3.8) is 0 Å². The van der Waals surface area contributed by atoms with Gasteiger partial charge in [-0.2, -0.15) is 0 Å². The van der Waals surface area contributed by atoms with Gasteiger partial charge in [-0.05, 0) is 97.7 Å². The standard InChI is InChI=1S/C37H34N2/c1-3-14-32(15-4-2)38(33-16-8-5-9-17-33)36-26-22-30(23-27-36)31-24-28-37(29-25-31)39(34-18-10-6-11-19-34)35-20-12-7-13-21-35/h3-4,6-8,10-29H,1,5,9H2,2H3. The predicted octanol–water partition coefficient (Wildman–Crippen LogP) is 10.5. The first-order chi connectivity index (χ1) is 19.3. The van der Waals surface area contributed by atoms with E-state index in [4.69, 9.17) is 0 Å². The fourth-order valence-electron chi connectivity index (χ4n) is 4.92. The molecule has 0 aromatic heterocycles. The van der Waals surface area contributed by atoms with Gasteiger partial charge in [-0.1, -0.05) is 91.5 Å². The molecule has 1 aliphatic carbocycles. The summed E-state index contributed by atoms with van der Waals surface area (Å²) in [6.45, 7) is 5.98. The summed E-state index contributed by atoms with van der Waals surface area (Å²) in [6, 6.07) is 38.6. The van der Waals surface area contributed by atoms with E-state index in [0.717, 1.165) is 41.3 Å². The normalized spacial score (nSPS) is 13.3. The van der Waals surface area contributed by atoms with Crippen molar-refractivity contribution in [3.05, 3.63) is 170 Å². The van der Waals surface area contributed by atoms with E-state index >= 15 is 0 Å². The molecule has 0 atom stereocenters. The number of hydrogen-bond donors (Lipinski definition) is 0. The topological polar surface area (TPSA) is 6.48 Å². The first-order valence-electron chi connectivity index (χ1n) is 13.5. The van der Waals surface area contributed by atoms with Gasteiger partial charge in [-0.25, -0.2) is 0 Å². The fourth-order valence-corrected chi connectivity index (χ4v) is 4.92. The van der Waals surface area contributed by atoms with Crippen molar-refractivity contribution in [2.75, 3.05) is 9.80 Å². The Morgan fingerprint density at radius 1 is 0.667 bits per heavy atom. The number of anilines is 4. The van der Waals surface area contributed by atoms with Crippen LogP contribution in [-0.4, -0.2) is 0 Å². The van der Waals surface area contributed by atoms with Gasteiger partial charge in [0.2, 0.25) is 0 Å². The van der Waals surface area contributed by atoms with E-state index in [2.05, 4.69) is 162 Å². The van der Waals surface area contributed by atoms with Gasteiger partial charge in [0.05, 0.1) is 0 Å². The van der Waals surface area contributed by atoms with Gasteiger partial charge >= 0.3 is 0 Å². The first-order valence-corrected chi connectivity index (χ1v) is 13.5. The van der Waals surface area contributed by atoms with Crippen LogP contribution in [0.2, 0.25) is 0 Å². The SMILES string of the molecule is C=CC=C(C=CC)N(C1=CCCC=C1)c1ccc(-c2ccc(N(c3ccccc3)c3ccccc3)cc2)cc1. The van der Waals surface area contributed by atoms with Gasteiger partial charge in [0.25, 0.3) is 0 Å². The minimum atomic E-state index is 1.05. The maximum Gasteiger partial charge on any atom is 0.0462 e. The van der Waals surface area contributed by atoms with Crippen molar-refractivity contribution in [3.8, 4) is 11.1 Å². The molecular weight excluding hydrogens is 472 g/mol. The van der Waals surface area contributed by atoms with Crippen molar-refractivity contribution in [1.82, 2.24) is 0 Å². The lowest BCUT2D eigenvalue weighted by atomic mass is 10.0. The molecule has 0 N–H and O–H groups in total. The van der Waals surface area contributed by atoms with Crippen LogP contribution in [0.1, 0.15) is 19.8 Å². The lowest BCUT2D eigenvalue weighted by Crippen LogP contribution is -2.20. The summed E-state index contributed by atoms with van der Waals surface area (Å²) in [5.74, 6) is 0. The highest BCUT2D eigenvalue weighted by Crippen LogP contribution is 2.36. The number of hydrogen-bond acceptors (Lipinski definition) is 2. The van der Waals surface area contributed by atoms with Crippen LogP contribution in [-0.2, 0) is 0 Å². The van der Waals surface area contributed by atoms with Gasteiger partial charge in [0.15, 0.2) is 0 Å². The van der Waals surface area contributed by atoms with E-state index in [1.165, 1.54) is 16.8 Å². The maximum absolute atomic E-state index is 3.94. The van der Waals surface area contributed by atoms with Crippen LogP contribution in [0.5, 0.6) is 0 Å². The molecule has 1 aliphatic rings. The molecule has 0 amide bonds. The van der Waals surface area contributed by atoms with Crippen LogP contribution in [0.3, 0.4) is 0 Å². The lowest BCUT2D eigenvalue weighted by molar-refractivity contribution is 0.986. The molecule has 0 fully saturated rings. The Morgan fingerprint density at radius 3 is 1.69 bits per heavy atom. The third kappa shape index (κ3) is 6.02. The average Bonchev–Trinajstić information content (AvgIpc) is 3.00. The zero-order chi connectivity index (χ0) is 26.9. The molecule has 4 aromatic rings. The number of allylic oxidation sites excluding steroid dienone is 7. The van der Waals surface area contributed by atoms with E-state index in [-0.39, 0.29) is 0 Å². The van der Waals surface area contributed by atoms with E-state index in [1.54, 1.807) is 0 Å². The molecule has 0 saturated carbocycles. The number of para-hydroxylation sites is 2. The third-order valence-electron chi connectivity index (χ3n) is 6.73. The maximum atomic E-state index is 3.94. The summed E-state index contributed by atoms with van der Waals surface area (Å²) < 4.78 is 0. The Hall–Kier alpha value is -4.82. The highest BCUT2D eigenvalue weighted by atomic mass is 15.2. The summed E-state index contributed by atoms with van der Waals surface area (Å²) in [6.07, 6.45) is 17.0. The molecule has 2 nitrogen and oxygen atoms in total. The largest absolute Gasteiger partial charge is 0.311 e. The van der Waals surface area contributed by atoms with Crippen molar-refractivity contribution in [2.45, 2.75) is 19.8 Å². The zero-order valence-electron chi connectivity index (χ0n) is 22.4. The van der Waals surface area contributed by atoms with Crippen molar-refractivity contribution in [2.24, 2.45) is 0 Å². The summed E-state index contributed by atoms with van der Waals surface area (Å²) in [5, 5.41) is 0. The average molecular weight is 507 g/mol. The van der Waals surface area contributed by atoms with E-state index in [0.29, 0.717) is 0 Å². The van der Waals surface area contributed by atoms with Crippen LogP contribution in [0.25, 0.3) is 11.1 Å². The monoisotopic (exact) mass is 506 g/mol. The smallest absolute Gasteiger partial charge is 0.0462 e. The van der Waals surface area contributed by atoms with Gasteiger partial charge < -0.3 is 9.80 Å². The van der Waals surface area contributed by atoms with Crippen molar-refractivity contribution < 1.29 is 0 Å². The molecule has 0 spiro atoms. The highest BCUT2D eigenvalue weighted by Gasteiger charge is 2.15. The second kappa shape index (κ2) is 12.6. The Morgan fingerprint density at radius 2 is 1.21 bits per heavy atom. The minimum absolute atomic E-state index is 1.05. The molecule has 192 valence electrons. The van der Waals surface area contributed by atoms with Crippen LogP contribution in [0.15, 0.2) is 170 Å². The quantitative estimate of drug-likeness (QED) is 0.208. The van der Waals surface area contributed by atoms with Gasteiger partial charge in [0, 0.05) is 34.1 Å². The molecule has 0 bridgehead atoms. The molecule has 2 heteroatoms. The Bertz CT molecular complexity index is 1450. The van der Waals surface area contributed by atoms with Gasteiger partial charge in [0.1, 0.15) is 0 Å². The second-order valence-corrected chi connectivity index (χ2v) is 9.37. The van der Waals surface area contributed by atoms with Crippen molar-refractivity contribution in [1.29, 1.82) is 0 Å². The Labute approximate surface area is 232 Å². The third-order valence-corrected chi connectivity index (χ3v) is 6.73. The fraction of sp³-hybridized carbons (Fsp3) is 0.0811. The molecule has 0 unspecified atom stereocenters. The molecule has 4 aromatic carbocycles. The number of rotatable bonds is 9. The molecule has 0 saturated heterocycles. The summed E-state index contributed by atoms with van der Waals surface area (Å²) in [7, 11) is 0. The number of benzene rings is 4. The predicted molar refractivity (Wildman–Crippen MR) is 169 cm³/mol. The molecule has 39 heavy (non-hydrogen) atoms. The Balaban J connectivity index is 1.45. The summed E-state index contributed by atoms with van der Waals surface area (Å²) in [4.78, 5) is 4.58. The Kier molecular flexibility index (Phi) is 8.35. The van der Waals surface area contributed by atoms with Crippen LogP contribution >= 0.6 is 0 Å². The van der Waals surface area contributed by atoms with Gasteiger partial charge in [-0.3, -0.25) is 0 Å². The lowest BCUT2D eigenvalue weighted by Gasteiger charge is -2.28. The van der Waals surface area contributed by atoms with Crippen LogP contribution in [0.4, 0.5) is 22.7 Å². The molecule has 0 heterocycles. The van der Waals surface area contributed by atoms with E-state index in [1.807, 2.05) is 13.0 Å². The number of nitrogens with zero attached hydrogens (tertiary/aromatic N) is 2. The summed E-state index contributed by atoms with van der Waals surface area (Å²) >= 11 is 0. The van der Waals surface area contributed by atoms with Crippen LogP contribution in [0, 0.1) is 0 Å². The van der Waals surface area contributed by atoms with Gasteiger partial charge in [-0.15, -0.1) is 0 Å². The highest BCUT2D eigenvalue weighted by molar-refractivity contribution is 5.78. The molecule has 0 radical (unpaired) electrons. The van der Waals surface area contributed by atoms with E-state index < -0.39 is 0 Å². The van der Waals surface area contributed by atoms with Crippen molar-refractivity contribution >= 4 is 22.7 Å².